The van der Waals surface area contributed by atoms with Gasteiger partial charge in [0.25, 0.3) is 17.1 Å². The van der Waals surface area contributed by atoms with Gasteiger partial charge in [0, 0.05) is 4.47 Å². The standard InChI is InChI=1S/C32H27BrN2O5S/c1-19-12-25(33)26(13-20(19)2)34-30(36)18-40-27-11-9-21(15-28(27)39-3)16-29-31(37)35(32(38)41-29)17-22-8-10-23-6-4-5-7-24(23)14-22/h4-16H,17-18H2,1-3H3,(H,34,36)/b29-16-. The van der Waals surface area contributed by atoms with Crippen LogP contribution in [0.15, 0.2) is 82.2 Å². The van der Waals surface area contributed by atoms with Crippen LogP contribution < -0.4 is 14.8 Å². The average molecular weight is 632 g/mol. The second kappa shape index (κ2) is 12.2. The number of benzene rings is 4. The van der Waals surface area contributed by atoms with Gasteiger partial charge >= 0.3 is 0 Å². The Morgan fingerprint density at radius 1 is 0.951 bits per heavy atom. The zero-order valence-electron chi connectivity index (χ0n) is 22.7. The van der Waals surface area contributed by atoms with Crippen LogP contribution in [0.3, 0.4) is 0 Å². The number of amides is 3. The van der Waals surface area contributed by atoms with Crippen molar-refractivity contribution in [3.05, 3.63) is 104 Å². The van der Waals surface area contributed by atoms with E-state index in [9.17, 15) is 14.4 Å². The fourth-order valence-electron chi connectivity index (χ4n) is 4.41. The van der Waals surface area contributed by atoms with Crippen molar-refractivity contribution in [2.75, 3.05) is 19.0 Å². The monoisotopic (exact) mass is 630 g/mol. The summed E-state index contributed by atoms with van der Waals surface area (Å²) < 4.78 is 12.0. The van der Waals surface area contributed by atoms with E-state index in [2.05, 4.69) is 21.2 Å². The Kier molecular flexibility index (Phi) is 8.46. The molecule has 0 spiro atoms. The molecule has 1 fully saturated rings. The number of nitrogens with zero attached hydrogens (tertiary/aromatic N) is 1. The summed E-state index contributed by atoms with van der Waals surface area (Å²) in [6, 6.07) is 22.8. The quantitative estimate of drug-likeness (QED) is 0.203. The zero-order chi connectivity index (χ0) is 29.1. The largest absolute Gasteiger partial charge is 0.493 e. The molecular formula is C32H27BrN2O5S. The normalized spacial score (nSPS) is 14.1. The van der Waals surface area contributed by atoms with E-state index in [1.807, 2.05) is 68.4 Å². The zero-order valence-corrected chi connectivity index (χ0v) is 25.1. The van der Waals surface area contributed by atoms with Crippen LogP contribution in [0.2, 0.25) is 0 Å². The molecule has 0 saturated carbocycles. The van der Waals surface area contributed by atoms with Gasteiger partial charge in [-0.1, -0.05) is 42.5 Å². The highest BCUT2D eigenvalue weighted by molar-refractivity contribution is 9.10. The van der Waals surface area contributed by atoms with Crippen LogP contribution in [-0.4, -0.2) is 35.7 Å². The Balaban J connectivity index is 1.25. The van der Waals surface area contributed by atoms with Gasteiger partial charge in [-0.3, -0.25) is 19.3 Å². The average Bonchev–Trinajstić information content (AvgIpc) is 3.22. The minimum absolute atomic E-state index is 0.198. The number of fused-ring (bicyclic) bond motifs is 1. The molecule has 0 atom stereocenters. The third-order valence-electron chi connectivity index (χ3n) is 6.73. The number of nitrogens with one attached hydrogen (secondary N) is 1. The molecule has 1 saturated heterocycles. The van der Waals surface area contributed by atoms with Crippen LogP contribution in [0, 0.1) is 13.8 Å². The minimum atomic E-state index is -0.346. The Labute approximate surface area is 250 Å². The van der Waals surface area contributed by atoms with E-state index in [1.165, 1.54) is 12.0 Å². The summed E-state index contributed by atoms with van der Waals surface area (Å²) in [6.07, 6.45) is 1.65. The molecule has 0 radical (unpaired) electrons. The molecule has 3 amide bonds. The number of thioether (sulfide) groups is 1. The molecule has 5 rings (SSSR count). The fourth-order valence-corrected chi connectivity index (χ4v) is 5.80. The lowest BCUT2D eigenvalue weighted by Gasteiger charge is -2.13. The van der Waals surface area contributed by atoms with E-state index in [4.69, 9.17) is 9.47 Å². The molecular weight excluding hydrogens is 604 g/mol. The summed E-state index contributed by atoms with van der Waals surface area (Å²) in [5.41, 5.74) is 4.38. The van der Waals surface area contributed by atoms with E-state index in [1.54, 1.807) is 24.3 Å². The summed E-state index contributed by atoms with van der Waals surface area (Å²) in [7, 11) is 1.50. The van der Waals surface area contributed by atoms with Gasteiger partial charge in [-0.15, -0.1) is 0 Å². The lowest BCUT2D eigenvalue weighted by atomic mass is 10.1. The van der Waals surface area contributed by atoms with Crippen molar-refractivity contribution in [2.45, 2.75) is 20.4 Å². The molecule has 4 aromatic carbocycles. The van der Waals surface area contributed by atoms with Gasteiger partial charge in [-0.2, -0.15) is 0 Å². The molecule has 9 heteroatoms. The highest BCUT2D eigenvalue weighted by atomic mass is 79.9. The predicted octanol–water partition coefficient (Wildman–Crippen LogP) is 7.48. The molecule has 0 aliphatic carbocycles. The number of anilines is 1. The summed E-state index contributed by atoms with van der Waals surface area (Å²) in [5.74, 6) is 0.111. The molecule has 1 aliphatic rings. The van der Waals surface area contributed by atoms with E-state index in [0.717, 1.165) is 43.7 Å². The minimum Gasteiger partial charge on any atom is -0.493 e. The van der Waals surface area contributed by atoms with Crippen LogP contribution in [-0.2, 0) is 16.1 Å². The van der Waals surface area contributed by atoms with Crippen molar-refractivity contribution in [2.24, 2.45) is 0 Å². The van der Waals surface area contributed by atoms with Gasteiger partial charge in [0.15, 0.2) is 18.1 Å². The van der Waals surface area contributed by atoms with Crippen LogP contribution >= 0.6 is 27.7 Å². The molecule has 4 aromatic rings. The first kappa shape index (κ1) is 28.4. The fraction of sp³-hybridized carbons (Fsp3) is 0.156. The van der Waals surface area contributed by atoms with Gasteiger partial charge in [0.2, 0.25) is 0 Å². The number of carbonyl (C=O) groups is 3. The summed E-state index contributed by atoms with van der Waals surface area (Å²) in [6.45, 7) is 3.96. The number of ether oxygens (including phenoxy) is 2. The van der Waals surface area contributed by atoms with Crippen LogP contribution in [0.1, 0.15) is 22.3 Å². The molecule has 0 aromatic heterocycles. The van der Waals surface area contributed by atoms with E-state index >= 15 is 0 Å². The summed E-state index contributed by atoms with van der Waals surface area (Å²) in [4.78, 5) is 39.9. The predicted molar refractivity (Wildman–Crippen MR) is 166 cm³/mol. The van der Waals surface area contributed by atoms with E-state index in [-0.39, 0.29) is 30.2 Å². The van der Waals surface area contributed by atoms with Crippen molar-refractivity contribution >= 4 is 67.3 Å². The molecule has 1 heterocycles. The van der Waals surface area contributed by atoms with E-state index < -0.39 is 0 Å². The Bertz CT molecular complexity index is 1720. The maximum absolute atomic E-state index is 13.1. The first-order chi connectivity index (χ1) is 19.7. The van der Waals surface area contributed by atoms with Crippen molar-refractivity contribution in [1.82, 2.24) is 4.90 Å². The number of hydrogen-bond acceptors (Lipinski definition) is 6. The first-order valence-electron chi connectivity index (χ1n) is 12.8. The van der Waals surface area contributed by atoms with Gasteiger partial charge < -0.3 is 14.8 Å². The lowest BCUT2D eigenvalue weighted by molar-refractivity contribution is -0.123. The van der Waals surface area contributed by atoms with Crippen LogP contribution in [0.4, 0.5) is 10.5 Å². The van der Waals surface area contributed by atoms with Gasteiger partial charge in [-0.05, 0) is 111 Å². The number of methoxy groups -OCH3 is 1. The number of halogens is 1. The molecule has 0 bridgehead atoms. The number of imide groups is 1. The number of carbonyl (C=O) groups excluding carboxylic acids is 3. The number of rotatable bonds is 8. The Morgan fingerprint density at radius 2 is 1.71 bits per heavy atom. The topological polar surface area (TPSA) is 84.9 Å². The highest BCUT2D eigenvalue weighted by Crippen LogP contribution is 2.35. The third-order valence-corrected chi connectivity index (χ3v) is 8.29. The second-order valence-corrected chi connectivity index (χ2v) is 11.5. The van der Waals surface area contributed by atoms with E-state index in [0.29, 0.717) is 27.7 Å². The van der Waals surface area contributed by atoms with Crippen molar-refractivity contribution in [3.8, 4) is 11.5 Å². The maximum atomic E-state index is 13.1. The van der Waals surface area contributed by atoms with Crippen molar-refractivity contribution < 1.29 is 23.9 Å². The molecule has 1 N–H and O–H groups in total. The first-order valence-corrected chi connectivity index (χ1v) is 14.4. The molecule has 0 unspecified atom stereocenters. The SMILES string of the molecule is COc1cc(/C=C2\SC(=O)N(Cc3ccc4ccccc4c3)C2=O)ccc1OCC(=O)Nc1cc(C)c(C)cc1Br. The van der Waals surface area contributed by atoms with Gasteiger partial charge in [-0.25, -0.2) is 0 Å². The van der Waals surface area contributed by atoms with Crippen molar-refractivity contribution in [1.29, 1.82) is 0 Å². The second-order valence-electron chi connectivity index (χ2n) is 9.61. The van der Waals surface area contributed by atoms with Crippen LogP contribution in [0.25, 0.3) is 16.8 Å². The molecule has 41 heavy (non-hydrogen) atoms. The number of aryl methyl sites for hydroxylation is 2. The summed E-state index contributed by atoms with van der Waals surface area (Å²) >= 11 is 4.38. The molecule has 7 nitrogen and oxygen atoms in total. The van der Waals surface area contributed by atoms with Gasteiger partial charge in [0.1, 0.15) is 0 Å². The smallest absolute Gasteiger partial charge is 0.293 e. The Hall–Kier alpha value is -4.08. The number of hydrogen-bond donors (Lipinski definition) is 1. The lowest BCUT2D eigenvalue weighted by Crippen LogP contribution is -2.27. The van der Waals surface area contributed by atoms with Crippen molar-refractivity contribution in [3.63, 3.8) is 0 Å². The summed E-state index contributed by atoms with van der Waals surface area (Å²) in [5, 5.41) is 4.68. The highest BCUT2D eigenvalue weighted by Gasteiger charge is 2.35. The third kappa shape index (κ3) is 6.47. The maximum Gasteiger partial charge on any atom is 0.293 e. The van der Waals surface area contributed by atoms with Gasteiger partial charge in [0.05, 0.1) is 24.2 Å². The van der Waals surface area contributed by atoms with Crippen LogP contribution in [0.5, 0.6) is 11.5 Å². The molecule has 208 valence electrons. The Morgan fingerprint density at radius 3 is 2.49 bits per heavy atom. The molecule has 1 aliphatic heterocycles.